The van der Waals surface area contributed by atoms with E-state index in [0.717, 1.165) is 42.7 Å². The molecule has 0 aliphatic rings. The molecule has 5 heteroatoms. The van der Waals surface area contributed by atoms with Crippen molar-refractivity contribution >= 4 is 44.5 Å². The molecule has 0 saturated carbocycles. The van der Waals surface area contributed by atoms with Crippen LogP contribution in [0.1, 0.15) is 16.7 Å². The lowest BCUT2D eigenvalue weighted by molar-refractivity contribution is 0.306. The molecule has 0 amide bonds. The summed E-state index contributed by atoms with van der Waals surface area (Å²) in [6, 6.07) is 28.2. The zero-order chi connectivity index (χ0) is 20.8. The third-order valence-electron chi connectivity index (χ3n) is 4.72. The second-order valence-electron chi connectivity index (χ2n) is 6.83. The summed E-state index contributed by atoms with van der Waals surface area (Å²) in [5, 5.41) is 7.42. The third-order valence-corrected chi connectivity index (χ3v) is 5.50. The largest absolute Gasteiger partial charge is 0.488 e. The van der Waals surface area contributed by atoms with Crippen molar-refractivity contribution in [1.82, 2.24) is 5.43 Å². The van der Waals surface area contributed by atoms with Gasteiger partial charge < -0.3 is 10.2 Å². The van der Waals surface area contributed by atoms with Gasteiger partial charge in [-0.1, -0.05) is 82.1 Å². The molecule has 1 N–H and O–H groups in total. The highest BCUT2D eigenvalue weighted by molar-refractivity contribution is 9.10. The number of rotatable bonds is 7. The standard InChI is InChI=1S/C25H20BrClN2O/c26-21-10-5-19(6-11-21)17-30-25-14-9-20-3-1-2-4-23(20)24(25)16-29-28-15-18-7-12-22(27)13-8-18/h1-14,16,28H,15,17H2/b29-16-. The highest BCUT2D eigenvalue weighted by Crippen LogP contribution is 2.27. The lowest BCUT2D eigenvalue weighted by Crippen LogP contribution is -2.06. The SMILES string of the molecule is Clc1ccc(CN/N=C\c2c(OCc3ccc(Br)cc3)ccc3ccccc23)cc1. The Bertz CT molecular complexity index is 1160. The van der Waals surface area contributed by atoms with E-state index in [1.165, 1.54) is 0 Å². The lowest BCUT2D eigenvalue weighted by Gasteiger charge is -2.12. The van der Waals surface area contributed by atoms with Gasteiger partial charge in [0.15, 0.2) is 0 Å². The summed E-state index contributed by atoms with van der Waals surface area (Å²) >= 11 is 9.41. The number of nitrogens with one attached hydrogen (secondary N) is 1. The van der Waals surface area contributed by atoms with E-state index >= 15 is 0 Å². The van der Waals surface area contributed by atoms with Crippen molar-refractivity contribution in [3.63, 3.8) is 0 Å². The van der Waals surface area contributed by atoms with Crippen molar-refractivity contribution in [2.45, 2.75) is 13.2 Å². The molecule has 0 atom stereocenters. The molecule has 0 unspecified atom stereocenters. The molecule has 4 aromatic rings. The van der Waals surface area contributed by atoms with E-state index in [-0.39, 0.29) is 0 Å². The Balaban J connectivity index is 1.53. The molecule has 0 spiro atoms. The van der Waals surface area contributed by atoms with Gasteiger partial charge in [0, 0.05) is 15.1 Å². The minimum absolute atomic E-state index is 0.491. The Morgan fingerprint density at radius 2 is 1.60 bits per heavy atom. The molecular formula is C25H20BrClN2O. The van der Waals surface area contributed by atoms with E-state index in [4.69, 9.17) is 16.3 Å². The quantitative estimate of drug-likeness (QED) is 0.230. The first-order chi connectivity index (χ1) is 14.7. The number of nitrogens with zero attached hydrogens (tertiary/aromatic N) is 1. The zero-order valence-corrected chi connectivity index (χ0v) is 18.5. The number of benzene rings is 4. The number of hydrogen-bond donors (Lipinski definition) is 1. The van der Waals surface area contributed by atoms with E-state index in [9.17, 15) is 0 Å². The topological polar surface area (TPSA) is 33.6 Å². The fourth-order valence-electron chi connectivity index (χ4n) is 3.13. The molecule has 0 aliphatic carbocycles. The highest BCUT2D eigenvalue weighted by atomic mass is 79.9. The normalized spacial score (nSPS) is 11.1. The fraction of sp³-hybridized carbons (Fsp3) is 0.0800. The van der Waals surface area contributed by atoms with Gasteiger partial charge in [0.2, 0.25) is 0 Å². The average Bonchev–Trinajstić information content (AvgIpc) is 2.78. The molecule has 0 aromatic heterocycles. The summed E-state index contributed by atoms with van der Waals surface area (Å²) in [4.78, 5) is 0. The molecule has 4 rings (SSSR count). The van der Waals surface area contributed by atoms with Gasteiger partial charge in [-0.3, -0.25) is 0 Å². The second kappa shape index (κ2) is 9.79. The number of fused-ring (bicyclic) bond motifs is 1. The molecule has 30 heavy (non-hydrogen) atoms. The molecule has 3 nitrogen and oxygen atoms in total. The van der Waals surface area contributed by atoms with E-state index in [2.05, 4.69) is 44.7 Å². The maximum absolute atomic E-state index is 6.15. The summed E-state index contributed by atoms with van der Waals surface area (Å²) in [5.41, 5.74) is 6.28. The monoisotopic (exact) mass is 478 g/mol. The van der Waals surface area contributed by atoms with Crippen molar-refractivity contribution < 1.29 is 4.74 Å². The van der Waals surface area contributed by atoms with Crippen LogP contribution in [0.25, 0.3) is 10.8 Å². The van der Waals surface area contributed by atoms with Crippen LogP contribution < -0.4 is 10.2 Å². The van der Waals surface area contributed by atoms with Crippen LogP contribution in [0.3, 0.4) is 0 Å². The maximum atomic E-state index is 6.15. The summed E-state index contributed by atoms with van der Waals surface area (Å²) < 4.78 is 7.20. The van der Waals surface area contributed by atoms with Gasteiger partial charge in [-0.2, -0.15) is 5.10 Å². The van der Waals surface area contributed by atoms with E-state index < -0.39 is 0 Å². The summed E-state index contributed by atoms with van der Waals surface area (Å²) in [6.45, 7) is 1.11. The Labute approximate surface area is 189 Å². The van der Waals surface area contributed by atoms with Crippen LogP contribution in [0, 0.1) is 0 Å². The molecule has 0 bridgehead atoms. The molecule has 4 aromatic carbocycles. The number of ether oxygens (including phenoxy) is 1. The molecule has 0 radical (unpaired) electrons. The van der Waals surface area contributed by atoms with Gasteiger partial charge in [-0.25, -0.2) is 0 Å². The van der Waals surface area contributed by atoms with Crippen LogP contribution in [0.5, 0.6) is 5.75 Å². The molecule has 0 fully saturated rings. The highest BCUT2D eigenvalue weighted by Gasteiger charge is 2.08. The molecule has 0 saturated heterocycles. The van der Waals surface area contributed by atoms with Gasteiger partial charge >= 0.3 is 0 Å². The van der Waals surface area contributed by atoms with Gasteiger partial charge in [0.05, 0.1) is 12.8 Å². The summed E-state index contributed by atoms with van der Waals surface area (Å²) in [7, 11) is 0. The van der Waals surface area contributed by atoms with Gasteiger partial charge in [0.1, 0.15) is 12.4 Å². The van der Waals surface area contributed by atoms with Crippen molar-refractivity contribution in [3.8, 4) is 5.75 Å². The van der Waals surface area contributed by atoms with Crippen molar-refractivity contribution in [2.75, 3.05) is 0 Å². The smallest absolute Gasteiger partial charge is 0.129 e. The van der Waals surface area contributed by atoms with Gasteiger partial charge in [0.25, 0.3) is 0 Å². The Morgan fingerprint density at radius 3 is 2.40 bits per heavy atom. The number of halogens is 2. The van der Waals surface area contributed by atoms with Gasteiger partial charge in [-0.05, 0) is 52.2 Å². The first-order valence-corrected chi connectivity index (χ1v) is 10.8. The van der Waals surface area contributed by atoms with Gasteiger partial charge in [-0.15, -0.1) is 0 Å². The Morgan fingerprint density at radius 1 is 0.867 bits per heavy atom. The third kappa shape index (κ3) is 5.21. The minimum Gasteiger partial charge on any atom is -0.488 e. The summed E-state index contributed by atoms with van der Waals surface area (Å²) in [6.07, 6.45) is 1.83. The van der Waals surface area contributed by atoms with Crippen molar-refractivity contribution in [1.29, 1.82) is 0 Å². The second-order valence-corrected chi connectivity index (χ2v) is 8.19. The van der Waals surface area contributed by atoms with Crippen LogP contribution in [0.2, 0.25) is 5.02 Å². The first-order valence-electron chi connectivity index (χ1n) is 9.58. The van der Waals surface area contributed by atoms with E-state index in [0.29, 0.717) is 13.2 Å². The average molecular weight is 480 g/mol. The molecule has 0 heterocycles. The minimum atomic E-state index is 0.491. The van der Waals surface area contributed by atoms with E-state index in [1.807, 2.05) is 72.9 Å². The maximum Gasteiger partial charge on any atom is 0.129 e. The van der Waals surface area contributed by atoms with Crippen molar-refractivity contribution in [2.24, 2.45) is 5.10 Å². The van der Waals surface area contributed by atoms with Crippen LogP contribution in [-0.2, 0) is 13.2 Å². The van der Waals surface area contributed by atoms with Crippen LogP contribution in [0.4, 0.5) is 0 Å². The number of hydrogen-bond acceptors (Lipinski definition) is 3. The summed E-state index contributed by atoms with van der Waals surface area (Å²) in [5.74, 6) is 0.800. The predicted molar refractivity (Wildman–Crippen MR) is 128 cm³/mol. The zero-order valence-electron chi connectivity index (χ0n) is 16.2. The Kier molecular flexibility index (Phi) is 6.67. The van der Waals surface area contributed by atoms with Crippen LogP contribution in [-0.4, -0.2) is 6.21 Å². The lowest BCUT2D eigenvalue weighted by atomic mass is 10.0. The molecule has 150 valence electrons. The van der Waals surface area contributed by atoms with Crippen LogP contribution >= 0.6 is 27.5 Å². The van der Waals surface area contributed by atoms with Crippen molar-refractivity contribution in [3.05, 3.63) is 111 Å². The predicted octanol–water partition coefficient (Wildman–Crippen LogP) is 6.96. The fourth-order valence-corrected chi connectivity index (χ4v) is 3.52. The Hall–Kier alpha value is -2.82. The van der Waals surface area contributed by atoms with Crippen LogP contribution in [0.15, 0.2) is 94.5 Å². The number of hydrazone groups is 1. The van der Waals surface area contributed by atoms with E-state index in [1.54, 1.807) is 0 Å². The molecule has 0 aliphatic heterocycles. The first kappa shape index (κ1) is 20.5. The molecular weight excluding hydrogens is 460 g/mol.